The van der Waals surface area contributed by atoms with Crippen LogP contribution in [0.5, 0.6) is 0 Å². The maximum atomic E-state index is 13.3. The molecule has 0 N–H and O–H groups in total. The molecule has 0 radical (unpaired) electrons. The Bertz CT molecular complexity index is 926. The Morgan fingerprint density at radius 1 is 0.939 bits per heavy atom. The predicted molar refractivity (Wildman–Crippen MR) is 135 cm³/mol. The highest BCUT2D eigenvalue weighted by Gasteiger charge is 2.22. The monoisotopic (exact) mass is 449 g/mol. The molecular formula is C28H39N3O2. The van der Waals surface area contributed by atoms with Gasteiger partial charge in [0.2, 0.25) is 5.91 Å². The molecule has 0 unspecified atom stereocenters. The summed E-state index contributed by atoms with van der Waals surface area (Å²) in [7, 11) is 1.84. The van der Waals surface area contributed by atoms with Crippen LogP contribution in [0.25, 0.3) is 0 Å². The summed E-state index contributed by atoms with van der Waals surface area (Å²) in [5.74, 6) is 0.0583. The zero-order chi connectivity index (χ0) is 23.8. The van der Waals surface area contributed by atoms with Crippen LogP contribution < -0.4 is 4.90 Å². The first-order chi connectivity index (χ1) is 15.9. The largest absolute Gasteiger partial charge is 0.337 e. The molecule has 2 amide bonds. The molecule has 33 heavy (non-hydrogen) atoms. The number of carbonyl (C=O) groups is 2. The van der Waals surface area contributed by atoms with Crippen LogP contribution in [0.2, 0.25) is 0 Å². The molecule has 0 fully saturated rings. The molecule has 1 aliphatic rings. The van der Waals surface area contributed by atoms with Crippen molar-refractivity contribution < 1.29 is 9.59 Å². The van der Waals surface area contributed by atoms with Crippen molar-refractivity contribution in [2.45, 2.75) is 72.0 Å². The molecule has 1 heterocycles. The van der Waals surface area contributed by atoms with Gasteiger partial charge in [-0.1, -0.05) is 49.6 Å². The minimum atomic E-state index is -0.00163. The highest BCUT2D eigenvalue weighted by molar-refractivity contribution is 5.97. The van der Waals surface area contributed by atoms with Crippen molar-refractivity contribution >= 4 is 17.5 Å². The highest BCUT2D eigenvalue weighted by Crippen LogP contribution is 2.27. The summed E-state index contributed by atoms with van der Waals surface area (Å²) >= 11 is 0. The predicted octanol–water partition coefficient (Wildman–Crippen LogP) is 5.49. The topological polar surface area (TPSA) is 43.9 Å². The van der Waals surface area contributed by atoms with Crippen LogP contribution in [-0.4, -0.2) is 47.8 Å². The molecule has 0 saturated carbocycles. The molecule has 178 valence electrons. The third-order valence-corrected chi connectivity index (χ3v) is 6.54. The van der Waals surface area contributed by atoms with Crippen LogP contribution in [0.15, 0.2) is 48.5 Å². The van der Waals surface area contributed by atoms with Crippen molar-refractivity contribution in [3.05, 3.63) is 65.2 Å². The zero-order valence-electron chi connectivity index (χ0n) is 20.7. The van der Waals surface area contributed by atoms with Gasteiger partial charge in [-0.3, -0.25) is 14.5 Å². The second-order valence-corrected chi connectivity index (χ2v) is 9.49. The first kappa shape index (κ1) is 25.0. The SMILES string of the molecule is CC(=O)N1CCCCCCCN(C(C)C)Cc2cc(C(=O)N(C)Cc3ccccc3)ccc21. The second kappa shape index (κ2) is 12.0. The first-order valence-electron chi connectivity index (χ1n) is 12.3. The van der Waals surface area contributed by atoms with Crippen molar-refractivity contribution in [3.63, 3.8) is 0 Å². The van der Waals surface area contributed by atoms with Gasteiger partial charge in [-0.2, -0.15) is 0 Å². The summed E-state index contributed by atoms with van der Waals surface area (Å²) in [6, 6.07) is 16.3. The molecule has 0 bridgehead atoms. The molecule has 0 atom stereocenters. The van der Waals surface area contributed by atoms with Crippen LogP contribution in [-0.2, 0) is 17.9 Å². The quantitative estimate of drug-likeness (QED) is 0.620. The smallest absolute Gasteiger partial charge is 0.253 e. The van der Waals surface area contributed by atoms with Crippen LogP contribution in [0.1, 0.15) is 74.4 Å². The van der Waals surface area contributed by atoms with E-state index in [0.29, 0.717) is 18.2 Å². The molecule has 0 aliphatic carbocycles. The van der Waals surface area contributed by atoms with Gasteiger partial charge in [0.1, 0.15) is 0 Å². The van der Waals surface area contributed by atoms with Gasteiger partial charge in [0.15, 0.2) is 0 Å². The van der Waals surface area contributed by atoms with E-state index in [1.807, 2.05) is 60.5 Å². The Morgan fingerprint density at radius 2 is 1.61 bits per heavy atom. The van der Waals surface area contributed by atoms with E-state index < -0.39 is 0 Å². The molecule has 0 spiro atoms. The van der Waals surface area contributed by atoms with E-state index in [0.717, 1.165) is 49.3 Å². The third-order valence-electron chi connectivity index (χ3n) is 6.54. The molecule has 0 saturated heterocycles. The van der Waals surface area contributed by atoms with Gasteiger partial charge in [0.25, 0.3) is 5.91 Å². The zero-order valence-corrected chi connectivity index (χ0v) is 20.7. The fourth-order valence-corrected chi connectivity index (χ4v) is 4.56. The summed E-state index contributed by atoms with van der Waals surface area (Å²) in [5, 5.41) is 0. The van der Waals surface area contributed by atoms with E-state index in [1.54, 1.807) is 11.8 Å². The number of hydrogen-bond donors (Lipinski definition) is 0. The lowest BCUT2D eigenvalue weighted by atomic mass is 10.0. The number of nitrogens with zero attached hydrogens (tertiary/aromatic N) is 3. The molecular weight excluding hydrogens is 410 g/mol. The average molecular weight is 450 g/mol. The normalized spacial score (nSPS) is 16.0. The summed E-state index contributed by atoms with van der Waals surface area (Å²) in [6.07, 6.45) is 5.77. The molecule has 5 nitrogen and oxygen atoms in total. The van der Waals surface area contributed by atoms with Gasteiger partial charge in [0, 0.05) is 50.9 Å². The van der Waals surface area contributed by atoms with Crippen LogP contribution >= 0.6 is 0 Å². The number of benzene rings is 2. The van der Waals surface area contributed by atoms with Crippen molar-refractivity contribution in [2.75, 3.05) is 25.0 Å². The summed E-state index contributed by atoms with van der Waals surface area (Å²) in [6.45, 7) is 9.14. The standard InChI is InChI=1S/C28H39N3O2/c1-22(2)30-17-11-6-5-7-12-18-31(23(3)32)27-16-15-25(19-26(27)21-30)28(33)29(4)20-24-13-9-8-10-14-24/h8-10,13-16,19,22H,5-7,11-12,17-18,20-21H2,1-4H3. The molecule has 1 aliphatic heterocycles. The minimum absolute atomic E-state index is 0.00163. The van der Waals surface area contributed by atoms with Crippen LogP contribution in [0.4, 0.5) is 5.69 Å². The van der Waals surface area contributed by atoms with Gasteiger partial charge in [-0.05, 0) is 62.6 Å². The van der Waals surface area contributed by atoms with Crippen molar-refractivity contribution in [2.24, 2.45) is 0 Å². The average Bonchev–Trinajstić information content (AvgIpc) is 2.79. The van der Waals surface area contributed by atoms with E-state index in [4.69, 9.17) is 0 Å². The summed E-state index contributed by atoms with van der Waals surface area (Å²) < 4.78 is 0. The van der Waals surface area contributed by atoms with Gasteiger partial charge in [-0.15, -0.1) is 0 Å². The number of carbonyl (C=O) groups excluding carboxylic acids is 2. The lowest BCUT2D eigenvalue weighted by Gasteiger charge is -2.31. The maximum absolute atomic E-state index is 13.3. The van der Waals surface area contributed by atoms with E-state index in [9.17, 15) is 9.59 Å². The molecule has 5 heteroatoms. The molecule has 0 aromatic heterocycles. The van der Waals surface area contributed by atoms with Crippen molar-refractivity contribution in [1.82, 2.24) is 9.80 Å². The Hall–Kier alpha value is -2.66. The van der Waals surface area contributed by atoms with Crippen LogP contribution in [0.3, 0.4) is 0 Å². The van der Waals surface area contributed by atoms with Crippen molar-refractivity contribution in [1.29, 1.82) is 0 Å². The lowest BCUT2D eigenvalue weighted by Crippen LogP contribution is -2.35. The first-order valence-corrected chi connectivity index (χ1v) is 12.3. The van der Waals surface area contributed by atoms with E-state index in [2.05, 4.69) is 18.7 Å². The van der Waals surface area contributed by atoms with Crippen molar-refractivity contribution in [3.8, 4) is 0 Å². The number of amides is 2. The Balaban J connectivity index is 1.93. The number of hydrogen-bond acceptors (Lipinski definition) is 3. The summed E-state index contributed by atoms with van der Waals surface area (Å²) in [4.78, 5) is 32.0. The van der Waals surface area contributed by atoms with E-state index >= 15 is 0 Å². The fraction of sp³-hybridized carbons (Fsp3) is 0.500. The molecule has 2 aromatic rings. The fourth-order valence-electron chi connectivity index (χ4n) is 4.56. The Labute approximate surface area is 199 Å². The number of rotatable bonds is 4. The maximum Gasteiger partial charge on any atom is 0.253 e. The Morgan fingerprint density at radius 3 is 2.27 bits per heavy atom. The Kier molecular flexibility index (Phi) is 9.07. The lowest BCUT2D eigenvalue weighted by molar-refractivity contribution is -0.116. The van der Waals surface area contributed by atoms with Gasteiger partial charge in [-0.25, -0.2) is 0 Å². The highest BCUT2D eigenvalue weighted by atomic mass is 16.2. The second-order valence-electron chi connectivity index (χ2n) is 9.49. The minimum Gasteiger partial charge on any atom is -0.337 e. The van der Waals surface area contributed by atoms with Crippen LogP contribution in [0, 0.1) is 0 Å². The molecule has 3 rings (SSSR count). The summed E-state index contributed by atoms with van der Waals surface area (Å²) in [5.41, 5.74) is 3.77. The van der Waals surface area contributed by atoms with E-state index in [1.165, 1.54) is 19.3 Å². The molecule has 2 aromatic carbocycles. The third kappa shape index (κ3) is 6.91. The number of anilines is 1. The van der Waals surface area contributed by atoms with Gasteiger partial charge >= 0.3 is 0 Å². The van der Waals surface area contributed by atoms with Gasteiger partial charge < -0.3 is 9.80 Å². The van der Waals surface area contributed by atoms with E-state index in [-0.39, 0.29) is 11.8 Å². The number of fused-ring (bicyclic) bond motifs is 1. The van der Waals surface area contributed by atoms with Gasteiger partial charge in [0.05, 0.1) is 0 Å².